The van der Waals surface area contributed by atoms with Gasteiger partial charge in [0.05, 0.1) is 76.3 Å². The molecule has 0 aliphatic carbocycles. The summed E-state index contributed by atoms with van der Waals surface area (Å²) in [5, 5.41) is 42.0. The van der Waals surface area contributed by atoms with Gasteiger partial charge >= 0.3 is 11.9 Å². The number of hydrogen-bond acceptors (Lipinski definition) is 13. The Balaban J connectivity index is 0.719. The van der Waals surface area contributed by atoms with E-state index in [-0.39, 0.29) is 112 Å². The number of anilines is 2. The van der Waals surface area contributed by atoms with Crippen molar-refractivity contribution in [2.24, 2.45) is 11.8 Å². The number of carbonyl (C=O) groups excluding carboxylic acids is 4. The third kappa shape index (κ3) is 19.9. The quantitative estimate of drug-likeness (QED) is 0.0159. The lowest BCUT2D eigenvalue weighted by molar-refractivity contribution is -0.140. The number of carboxylic acid groups (broad SMARTS) is 2. The molecule has 99 heavy (non-hydrogen) atoms. The highest BCUT2D eigenvalue weighted by atomic mass is 16.5. The van der Waals surface area contributed by atoms with Crippen molar-refractivity contribution in [1.29, 1.82) is 0 Å². The summed E-state index contributed by atoms with van der Waals surface area (Å²) in [5.41, 5.74) is 8.75. The van der Waals surface area contributed by atoms with Crippen molar-refractivity contribution in [1.82, 2.24) is 41.2 Å². The molecule has 4 atom stereocenters. The van der Waals surface area contributed by atoms with E-state index in [2.05, 4.69) is 51.8 Å². The fourth-order valence-electron chi connectivity index (χ4n) is 12.0. The van der Waals surface area contributed by atoms with E-state index in [1.54, 1.807) is 12.1 Å². The van der Waals surface area contributed by atoms with Crippen LogP contribution in [0.3, 0.4) is 0 Å². The van der Waals surface area contributed by atoms with Crippen LogP contribution in [0.4, 0.5) is 11.4 Å². The highest BCUT2D eigenvalue weighted by Crippen LogP contribution is 2.31. The van der Waals surface area contributed by atoms with Crippen molar-refractivity contribution in [3.8, 4) is 11.5 Å². The zero-order valence-corrected chi connectivity index (χ0v) is 56.2. The van der Waals surface area contributed by atoms with Crippen molar-refractivity contribution in [3.05, 3.63) is 192 Å². The number of rotatable bonds is 40. The first-order valence-corrected chi connectivity index (χ1v) is 33.7. The number of aliphatic carboxylic acids is 2. The van der Waals surface area contributed by atoms with Gasteiger partial charge in [-0.1, -0.05) is 100 Å². The van der Waals surface area contributed by atoms with Crippen LogP contribution in [0.25, 0.3) is 43.6 Å². The Labute approximate surface area is 573 Å². The van der Waals surface area contributed by atoms with Gasteiger partial charge in [-0.25, -0.2) is 9.59 Å². The molecule has 4 aromatic heterocycles. The average Bonchev–Trinajstić information content (AvgIpc) is 1.80. The number of benzene rings is 6. The van der Waals surface area contributed by atoms with Crippen molar-refractivity contribution in [3.63, 3.8) is 0 Å². The number of fused-ring (bicyclic) bond motifs is 4. The molecular weight excluding hydrogens is 1260 g/mol. The van der Waals surface area contributed by atoms with Crippen molar-refractivity contribution in [2.75, 3.05) is 76.6 Å². The summed E-state index contributed by atoms with van der Waals surface area (Å²) in [7, 11) is 0. The molecule has 23 heteroatoms. The lowest BCUT2D eigenvalue weighted by Gasteiger charge is -2.21. The van der Waals surface area contributed by atoms with Gasteiger partial charge in [-0.15, -0.1) is 0 Å². The van der Waals surface area contributed by atoms with Crippen molar-refractivity contribution < 1.29 is 62.7 Å². The summed E-state index contributed by atoms with van der Waals surface area (Å²) in [6.07, 6.45) is 9.80. The number of aromatic nitrogens is 4. The van der Waals surface area contributed by atoms with Crippen LogP contribution in [0.2, 0.25) is 0 Å². The van der Waals surface area contributed by atoms with Gasteiger partial charge in [0.15, 0.2) is 0 Å². The molecule has 0 saturated carbocycles. The van der Waals surface area contributed by atoms with E-state index in [1.807, 2.05) is 150 Å². The van der Waals surface area contributed by atoms with E-state index in [4.69, 9.17) is 23.7 Å². The minimum atomic E-state index is -1.13. The van der Waals surface area contributed by atoms with Crippen LogP contribution < -0.4 is 41.4 Å². The van der Waals surface area contributed by atoms with Crippen LogP contribution in [0.15, 0.2) is 158 Å². The first-order chi connectivity index (χ1) is 48.0. The number of carbonyl (C=O) groups is 6. The highest BCUT2D eigenvalue weighted by molar-refractivity contribution is 6.02. The van der Waals surface area contributed by atoms with Gasteiger partial charge in [-0.05, 0) is 120 Å². The Morgan fingerprint density at radius 1 is 0.404 bits per heavy atom. The van der Waals surface area contributed by atoms with Crippen LogP contribution in [-0.2, 0) is 59.1 Å². The van der Waals surface area contributed by atoms with E-state index in [9.17, 15) is 39.0 Å². The predicted molar refractivity (Wildman–Crippen MR) is 382 cm³/mol. The van der Waals surface area contributed by atoms with E-state index in [1.165, 1.54) is 24.3 Å². The van der Waals surface area contributed by atoms with E-state index >= 15 is 0 Å². The zero-order chi connectivity index (χ0) is 69.6. The molecule has 0 aliphatic heterocycles. The molecule has 10 rings (SSSR count). The van der Waals surface area contributed by atoms with Gasteiger partial charge in [-0.2, -0.15) is 0 Å². The fourth-order valence-corrected chi connectivity index (χ4v) is 12.0. The molecule has 4 amide bonds. The maximum atomic E-state index is 14.5. The van der Waals surface area contributed by atoms with Crippen molar-refractivity contribution >= 4 is 90.6 Å². The van der Waals surface area contributed by atoms with Crippen LogP contribution in [0.1, 0.15) is 83.5 Å². The molecule has 4 heterocycles. The number of nitrogens with one attached hydrogen (secondary N) is 10. The molecule has 23 nitrogen and oxygen atoms in total. The van der Waals surface area contributed by atoms with Crippen LogP contribution in [-0.4, -0.2) is 156 Å². The van der Waals surface area contributed by atoms with Gasteiger partial charge in [0, 0.05) is 105 Å². The molecule has 0 saturated heterocycles. The normalized spacial score (nSPS) is 12.8. The van der Waals surface area contributed by atoms with E-state index in [0.717, 1.165) is 65.9 Å². The molecule has 0 aliphatic rings. The van der Waals surface area contributed by atoms with Gasteiger partial charge in [0.2, 0.25) is 11.8 Å². The highest BCUT2D eigenvalue weighted by Gasteiger charge is 2.28. The Bertz CT molecular complexity index is 4090. The Kier molecular flexibility index (Phi) is 25.5. The molecule has 10 aromatic rings. The topological polar surface area (TPSA) is 324 Å². The second kappa shape index (κ2) is 35.3. The maximum absolute atomic E-state index is 14.5. The summed E-state index contributed by atoms with van der Waals surface area (Å²) in [4.78, 5) is 93.6. The second-order valence-corrected chi connectivity index (χ2v) is 25.3. The molecule has 6 aromatic carbocycles. The average molecular weight is 1350 g/mol. The number of amides is 4. The second-order valence-electron chi connectivity index (χ2n) is 25.3. The van der Waals surface area contributed by atoms with E-state index < -0.39 is 47.9 Å². The predicted octanol–water partition coefficient (Wildman–Crippen LogP) is 10.3. The molecule has 0 radical (unpaired) electrons. The Hall–Kier alpha value is -10.3. The van der Waals surface area contributed by atoms with Gasteiger partial charge in [-0.3, -0.25) is 19.2 Å². The first kappa shape index (κ1) is 71.5. The SMILES string of the molecule is CC(C)C[C@H](NC(=O)c1ccc(NC(=O)[C@H](Cc2c[nH]c3ccccc23)NCCOCCOCCOCCN[C@@H](Cc2c[nH]c3ccccc23)C(=O)Nc2ccc(C(=O)N[C@@H](CC(C)C)C(=O)O)cc2OCCc2c[nH]c3ccccc23)c(OCCc2c[nH]c3ccccc23)c1)C(=O)O. The Morgan fingerprint density at radius 2 is 0.737 bits per heavy atom. The van der Waals surface area contributed by atoms with Gasteiger partial charge < -0.3 is 85.7 Å². The van der Waals surface area contributed by atoms with Gasteiger partial charge in [0.1, 0.15) is 23.6 Å². The zero-order valence-electron chi connectivity index (χ0n) is 56.2. The smallest absolute Gasteiger partial charge is 0.326 e. The lowest BCUT2D eigenvalue weighted by Crippen LogP contribution is -2.43. The summed E-state index contributed by atoms with van der Waals surface area (Å²) < 4.78 is 30.5. The number of para-hydroxylation sites is 4. The fraction of sp³-hybridized carbons (Fsp3) is 0.342. The summed E-state index contributed by atoms with van der Waals surface area (Å²) in [5.74, 6) is -3.63. The number of ether oxygens (including phenoxy) is 5. The monoisotopic (exact) mass is 1350 g/mol. The molecule has 12 N–H and O–H groups in total. The number of carboxylic acids is 2. The van der Waals surface area contributed by atoms with Crippen molar-refractivity contribution in [2.45, 2.75) is 90.4 Å². The van der Waals surface area contributed by atoms with Crippen LogP contribution >= 0.6 is 0 Å². The summed E-state index contributed by atoms with van der Waals surface area (Å²) >= 11 is 0. The molecule has 0 spiro atoms. The summed E-state index contributed by atoms with van der Waals surface area (Å²) in [6, 6.07) is 37.2. The standard InChI is InChI=1S/C76H88N10O13/c1-47(2)37-67(75(91)92)85-71(87)49-21-23-63(69(41-49)98-29-25-51-43-79-59-17-9-5-13-55(51)59)83-73(89)65(39-53-45-81-61-19-11-7-15-57(53)61)77-27-31-95-33-35-97-36-34-96-32-28-78-66(40-54-46-82-62-20-12-8-16-58(54)62)74(90)84-64-24-22-50(72(88)86-68(76(93)94)38-48(3)4)42-70(64)99-30-26-52-44-80-60-18-10-6-14-56(52)60/h5-24,41-48,65-68,77-82H,25-40H2,1-4H3,(H,83,89)(H,84,90)(H,85,87)(H,86,88)(H,91,92)(H,93,94)/t65-,66-,67-,68-/m0/s1. The Morgan fingerprint density at radius 3 is 1.09 bits per heavy atom. The third-order valence-corrected chi connectivity index (χ3v) is 17.1. The molecule has 0 bridgehead atoms. The molecule has 520 valence electrons. The lowest BCUT2D eigenvalue weighted by atomic mass is 10.0. The molecular formula is C76H88N10O13. The van der Waals surface area contributed by atoms with E-state index in [0.29, 0.717) is 50.1 Å². The van der Waals surface area contributed by atoms with Crippen LogP contribution in [0.5, 0.6) is 11.5 Å². The molecule has 0 unspecified atom stereocenters. The number of aromatic amines is 4. The summed E-state index contributed by atoms with van der Waals surface area (Å²) in [6.45, 7) is 10.2. The largest absolute Gasteiger partial charge is 0.491 e. The van der Waals surface area contributed by atoms with Gasteiger partial charge in [0.25, 0.3) is 11.8 Å². The number of H-pyrrole nitrogens is 4. The third-order valence-electron chi connectivity index (χ3n) is 17.1. The minimum Gasteiger partial charge on any atom is -0.491 e. The van der Waals surface area contributed by atoms with Crippen LogP contribution in [0, 0.1) is 11.8 Å². The molecule has 0 fully saturated rings. The number of hydrogen-bond donors (Lipinski definition) is 12. The first-order valence-electron chi connectivity index (χ1n) is 33.7. The maximum Gasteiger partial charge on any atom is 0.326 e. The minimum absolute atomic E-state index is 0.0183.